The molecule has 160 valence electrons. The van der Waals surface area contributed by atoms with E-state index in [4.69, 9.17) is 9.68 Å². The third-order valence-electron chi connectivity index (χ3n) is 5.15. The Hall–Kier alpha value is -3.95. The fraction of sp³-hybridized carbons (Fsp3) is 0.261. The number of hydrogen-bond donors (Lipinski definition) is 1. The van der Waals surface area contributed by atoms with Crippen LogP contribution in [0.3, 0.4) is 0 Å². The van der Waals surface area contributed by atoms with E-state index in [9.17, 15) is 10.1 Å². The van der Waals surface area contributed by atoms with E-state index < -0.39 is 0 Å². The second-order valence-electron chi connectivity index (χ2n) is 8.16. The highest BCUT2D eigenvalue weighted by Crippen LogP contribution is 2.47. The molecule has 3 heterocycles. The molecule has 0 spiro atoms. The Morgan fingerprint density at radius 3 is 2.84 bits per heavy atom. The Kier molecular flexibility index (Phi) is 5.52. The maximum atomic E-state index is 12.6. The van der Waals surface area contributed by atoms with E-state index in [1.807, 2.05) is 43.4 Å². The third kappa shape index (κ3) is 4.11. The first kappa shape index (κ1) is 21.3. The second kappa shape index (κ2) is 8.29. The van der Waals surface area contributed by atoms with Crippen molar-refractivity contribution in [2.75, 3.05) is 5.32 Å². The molecule has 8 nitrogen and oxygen atoms in total. The molecule has 0 aliphatic heterocycles. The predicted molar refractivity (Wildman–Crippen MR) is 120 cm³/mol. The average molecular weight is 445 g/mol. The molecule has 1 amide bonds. The van der Waals surface area contributed by atoms with Crippen molar-refractivity contribution in [3.05, 3.63) is 63.5 Å². The van der Waals surface area contributed by atoms with Gasteiger partial charge in [-0.2, -0.15) is 10.5 Å². The zero-order valence-electron chi connectivity index (χ0n) is 17.8. The van der Waals surface area contributed by atoms with Crippen molar-refractivity contribution >= 4 is 34.4 Å². The molecule has 3 aromatic heterocycles. The van der Waals surface area contributed by atoms with Crippen molar-refractivity contribution < 1.29 is 9.21 Å². The van der Waals surface area contributed by atoms with Crippen LogP contribution in [0, 0.1) is 29.6 Å². The van der Waals surface area contributed by atoms with Crippen molar-refractivity contribution in [3.63, 3.8) is 0 Å². The Labute approximate surface area is 189 Å². The van der Waals surface area contributed by atoms with Gasteiger partial charge < -0.3 is 9.73 Å². The van der Waals surface area contributed by atoms with Crippen LogP contribution in [-0.4, -0.2) is 20.7 Å². The first-order valence-electron chi connectivity index (χ1n) is 9.91. The number of hydrogen-bond acceptors (Lipinski definition) is 7. The highest BCUT2D eigenvalue weighted by Gasteiger charge is 2.33. The number of nitriles is 2. The molecule has 0 saturated carbocycles. The largest absolute Gasteiger partial charge is 0.462 e. The van der Waals surface area contributed by atoms with Crippen LogP contribution in [0.5, 0.6) is 0 Å². The number of rotatable bonds is 5. The Morgan fingerprint density at radius 2 is 2.16 bits per heavy atom. The lowest BCUT2D eigenvalue weighted by molar-refractivity contribution is -0.116. The van der Waals surface area contributed by atoms with Gasteiger partial charge in [-0.15, -0.1) is 21.5 Å². The number of aromatic nitrogens is 3. The smallest absolute Gasteiger partial charge is 0.245 e. The summed E-state index contributed by atoms with van der Waals surface area (Å²) in [6.45, 7) is 6.04. The summed E-state index contributed by atoms with van der Waals surface area (Å²) in [6, 6.07) is 7.97. The molecule has 0 aromatic carbocycles. The van der Waals surface area contributed by atoms with Crippen molar-refractivity contribution in [3.8, 4) is 12.1 Å². The average Bonchev–Trinajstić information content (AvgIpc) is 3.44. The maximum Gasteiger partial charge on any atom is 0.245 e. The quantitative estimate of drug-likeness (QED) is 0.623. The summed E-state index contributed by atoms with van der Waals surface area (Å²) in [7, 11) is 0. The topological polar surface area (TPSA) is 121 Å². The fourth-order valence-electron chi connectivity index (χ4n) is 3.73. The van der Waals surface area contributed by atoms with Gasteiger partial charge in [0.1, 0.15) is 41.5 Å². The number of nitrogens with one attached hydrogen (secondary N) is 1. The molecule has 0 radical (unpaired) electrons. The standard InChI is InChI=1S/C23H20N6O2S/c1-14-4-6-16(31-14)7-5-15-8-17-18(10-24)22(32-21(17)23(2,3)9-15)27-20(30)12-29-13-26-28-19(29)11-25/h4-8,13H,9,12H2,1-3H3,(H,27,30)/b7-5+. The monoisotopic (exact) mass is 444 g/mol. The van der Waals surface area contributed by atoms with Crippen LogP contribution in [0.4, 0.5) is 5.00 Å². The molecule has 3 aromatic rings. The summed E-state index contributed by atoms with van der Waals surface area (Å²) in [6.07, 6.45) is 8.06. The molecule has 32 heavy (non-hydrogen) atoms. The molecular weight excluding hydrogens is 424 g/mol. The molecule has 0 saturated heterocycles. The molecule has 0 bridgehead atoms. The molecule has 4 rings (SSSR count). The van der Waals surface area contributed by atoms with Crippen LogP contribution in [-0.2, 0) is 16.8 Å². The molecule has 1 aliphatic rings. The minimum absolute atomic E-state index is 0.0541. The number of aryl methyl sites for hydroxylation is 1. The van der Waals surface area contributed by atoms with Gasteiger partial charge in [-0.05, 0) is 43.2 Å². The van der Waals surface area contributed by atoms with Crippen molar-refractivity contribution in [1.82, 2.24) is 14.8 Å². The summed E-state index contributed by atoms with van der Waals surface area (Å²) in [5, 5.41) is 29.5. The normalized spacial score (nSPS) is 14.5. The van der Waals surface area contributed by atoms with Crippen molar-refractivity contribution in [2.24, 2.45) is 0 Å². The van der Waals surface area contributed by atoms with Crippen LogP contribution in [0.2, 0.25) is 0 Å². The minimum atomic E-state index is -0.355. The first-order valence-corrected chi connectivity index (χ1v) is 10.7. The SMILES string of the molecule is Cc1ccc(/C=C/C2=Cc3c(sc(NC(=O)Cn4cnnc4C#N)c3C#N)C(C)(C)C2)o1. The van der Waals surface area contributed by atoms with Gasteiger partial charge in [0.05, 0.1) is 5.56 Å². The van der Waals surface area contributed by atoms with Crippen LogP contribution < -0.4 is 5.32 Å². The molecule has 1 N–H and O–H groups in total. The lowest BCUT2D eigenvalue weighted by Gasteiger charge is -2.29. The third-order valence-corrected chi connectivity index (χ3v) is 6.64. The van der Waals surface area contributed by atoms with E-state index in [0.717, 1.165) is 34.0 Å². The lowest BCUT2D eigenvalue weighted by Crippen LogP contribution is -2.20. The van der Waals surface area contributed by atoms with Gasteiger partial charge >= 0.3 is 0 Å². The number of anilines is 1. The molecule has 1 aliphatic carbocycles. The van der Waals surface area contributed by atoms with Crippen LogP contribution in [0.25, 0.3) is 12.2 Å². The Morgan fingerprint density at radius 1 is 1.34 bits per heavy atom. The zero-order valence-corrected chi connectivity index (χ0v) is 18.7. The summed E-state index contributed by atoms with van der Waals surface area (Å²) in [5.41, 5.74) is 2.15. The number of nitrogens with zero attached hydrogens (tertiary/aromatic N) is 5. The lowest BCUT2D eigenvalue weighted by atomic mass is 9.77. The first-order chi connectivity index (χ1) is 15.3. The highest BCUT2D eigenvalue weighted by molar-refractivity contribution is 7.17. The van der Waals surface area contributed by atoms with Gasteiger partial charge in [0.2, 0.25) is 11.7 Å². The van der Waals surface area contributed by atoms with Gasteiger partial charge in [0.25, 0.3) is 0 Å². The van der Waals surface area contributed by atoms with Crippen LogP contribution >= 0.6 is 11.3 Å². The maximum absolute atomic E-state index is 12.6. The Bertz CT molecular complexity index is 1340. The number of thiophene rings is 1. The summed E-state index contributed by atoms with van der Waals surface area (Å²) < 4.78 is 6.96. The van der Waals surface area contributed by atoms with Gasteiger partial charge in [-0.3, -0.25) is 9.36 Å². The highest BCUT2D eigenvalue weighted by atomic mass is 32.1. The molecular formula is C23H20N6O2S. The number of allylic oxidation sites excluding steroid dienone is 2. The van der Waals surface area contributed by atoms with Gasteiger partial charge in [0, 0.05) is 15.9 Å². The van der Waals surface area contributed by atoms with E-state index in [1.165, 1.54) is 22.2 Å². The number of furan rings is 1. The molecule has 9 heteroatoms. The second-order valence-corrected chi connectivity index (χ2v) is 9.19. The van der Waals surface area contributed by atoms with E-state index in [1.54, 1.807) is 0 Å². The fourth-order valence-corrected chi connectivity index (χ4v) is 4.97. The zero-order chi connectivity index (χ0) is 22.9. The minimum Gasteiger partial charge on any atom is -0.462 e. The molecule has 0 fully saturated rings. The van der Waals surface area contributed by atoms with Crippen molar-refractivity contribution in [1.29, 1.82) is 10.5 Å². The van der Waals surface area contributed by atoms with E-state index in [-0.39, 0.29) is 23.7 Å². The number of fused-ring (bicyclic) bond motifs is 1. The summed E-state index contributed by atoms with van der Waals surface area (Å²) >= 11 is 1.42. The number of carbonyl (C=O) groups is 1. The molecule has 0 unspecified atom stereocenters. The number of amides is 1. The molecule has 0 atom stereocenters. The van der Waals surface area contributed by atoms with Crippen LogP contribution in [0.1, 0.15) is 53.6 Å². The summed E-state index contributed by atoms with van der Waals surface area (Å²) in [5.74, 6) is 1.32. The number of carbonyl (C=O) groups excluding carboxylic acids is 1. The predicted octanol–water partition coefficient (Wildman–Crippen LogP) is 4.40. The van der Waals surface area contributed by atoms with E-state index >= 15 is 0 Å². The van der Waals surface area contributed by atoms with Gasteiger partial charge in [-0.1, -0.05) is 19.9 Å². The van der Waals surface area contributed by atoms with E-state index in [2.05, 4.69) is 35.4 Å². The van der Waals surface area contributed by atoms with Crippen molar-refractivity contribution in [2.45, 2.75) is 39.2 Å². The Balaban J connectivity index is 1.63. The summed E-state index contributed by atoms with van der Waals surface area (Å²) in [4.78, 5) is 13.6. The van der Waals surface area contributed by atoms with Crippen LogP contribution in [0.15, 0.2) is 34.5 Å². The van der Waals surface area contributed by atoms with E-state index in [0.29, 0.717) is 10.6 Å². The van der Waals surface area contributed by atoms with Gasteiger partial charge in [-0.25, -0.2) is 0 Å². The van der Waals surface area contributed by atoms with Gasteiger partial charge in [0.15, 0.2) is 0 Å².